The fourth-order valence-electron chi connectivity index (χ4n) is 4.69. The quantitative estimate of drug-likeness (QED) is 0.742. The van der Waals surface area contributed by atoms with Gasteiger partial charge in [-0.25, -0.2) is 9.18 Å². The number of hydrogen-bond donors (Lipinski definition) is 1. The first-order valence-electron chi connectivity index (χ1n) is 11.3. The standard InChI is InChI=1S/C26H31FN2O3/c1-26(2,3)32-25(31)28-16-17-14-20(15-17)24(30)29-13-12-18-6-4-5-7-22(18)23(29)19-8-10-21(27)11-9-19/h4-11,17,20,23H,12-16H2,1-3H3,(H,28,31)/t17-,20-,23-/m0/s1. The molecule has 5 nitrogen and oxygen atoms in total. The summed E-state index contributed by atoms with van der Waals surface area (Å²) >= 11 is 0. The van der Waals surface area contributed by atoms with Crippen LogP contribution < -0.4 is 5.32 Å². The molecular formula is C26H31FN2O3. The van der Waals surface area contributed by atoms with Gasteiger partial charge in [0.2, 0.25) is 5.91 Å². The van der Waals surface area contributed by atoms with Crippen LogP contribution in [0.1, 0.15) is 56.3 Å². The maximum absolute atomic E-state index is 13.5. The molecule has 1 aliphatic carbocycles. The number of hydrogen-bond acceptors (Lipinski definition) is 3. The lowest BCUT2D eigenvalue weighted by atomic mass is 9.73. The molecule has 2 aromatic carbocycles. The van der Waals surface area contributed by atoms with Gasteiger partial charge in [0.15, 0.2) is 0 Å². The number of carbonyl (C=O) groups excluding carboxylic acids is 2. The fourth-order valence-corrected chi connectivity index (χ4v) is 4.69. The lowest BCUT2D eigenvalue weighted by molar-refractivity contribution is -0.142. The Hall–Kier alpha value is -2.89. The van der Waals surface area contributed by atoms with Crippen LogP contribution in [0.4, 0.5) is 9.18 Å². The minimum absolute atomic E-state index is 0.0475. The summed E-state index contributed by atoms with van der Waals surface area (Å²) in [6.07, 6.45) is 1.90. The monoisotopic (exact) mass is 438 g/mol. The molecular weight excluding hydrogens is 407 g/mol. The average molecular weight is 439 g/mol. The van der Waals surface area contributed by atoms with E-state index in [4.69, 9.17) is 4.74 Å². The molecule has 1 atom stereocenters. The van der Waals surface area contributed by atoms with Gasteiger partial charge in [-0.15, -0.1) is 0 Å². The van der Waals surface area contributed by atoms with E-state index in [0.717, 1.165) is 30.4 Å². The molecule has 2 aromatic rings. The van der Waals surface area contributed by atoms with Gasteiger partial charge in [-0.3, -0.25) is 4.79 Å². The molecule has 4 rings (SSSR count). The van der Waals surface area contributed by atoms with Gasteiger partial charge in [-0.2, -0.15) is 0 Å². The van der Waals surface area contributed by atoms with E-state index in [1.807, 2.05) is 37.8 Å². The summed E-state index contributed by atoms with van der Waals surface area (Å²) in [7, 11) is 0. The van der Waals surface area contributed by atoms with Gasteiger partial charge in [-0.05, 0) is 74.8 Å². The van der Waals surface area contributed by atoms with Crippen LogP contribution in [0, 0.1) is 17.7 Å². The molecule has 1 aliphatic heterocycles. The third-order valence-corrected chi connectivity index (χ3v) is 6.27. The second-order valence-electron chi connectivity index (χ2n) is 9.85. The zero-order valence-electron chi connectivity index (χ0n) is 18.9. The first kappa shape index (κ1) is 22.3. The van der Waals surface area contributed by atoms with E-state index >= 15 is 0 Å². The van der Waals surface area contributed by atoms with Crippen molar-refractivity contribution in [1.29, 1.82) is 0 Å². The topological polar surface area (TPSA) is 58.6 Å². The highest BCUT2D eigenvalue weighted by Gasteiger charge is 2.41. The van der Waals surface area contributed by atoms with Crippen LogP contribution in [0.5, 0.6) is 0 Å². The number of nitrogens with one attached hydrogen (secondary N) is 1. The zero-order chi connectivity index (χ0) is 22.9. The molecule has 6 heteroatoms. The Morgan fingerprint density at radius 3 is 2.47 bits per heavy atom. The van der Waals surface area contributed by atoms with Crippen molar-refractivity contribution in [2.75, 3.05) is 13.1 Å². The van der Waals surface area contributed by atoms with E-state index in [9.17, 15) is 14.0 Å². The van der Waals surface area contributed by atoms with Crippen molar-refractivity contribution in [3.05, 3.63) is 71.0 Å². The van der Waals surface area contributed by atoms with Crippen molar-refractivity contribution in [1.82, 2.24) is 10.2 Å². The number of benzene rings is 2. The Morgan fingerprint density at radius 1 is 1.09 bits per heavy atom. The molecule has 1 N–H and O–H groups in total. The third kappa shape index (κ3) is 4.95. The summed E-state index contributed by atoms with van der Waals surface area (Å²) in [4.78, 5) is 27.3. The van der Waals surface area contributed by atoms with Gasteiger partial charge >= 0.3 is 6.09 Å². The van der Waals surface area contributed by atoms with Gasteiger partial charge < -0.3 is 15.0 Å². The van der Waals surface area contributed by atoms with Crippen LogP contribution in [0.25, 0.3) is 0 Å². The van der Waals surface area contributed by atoms with Gasteiger partial charge in [0.1, 0.15) is 11.4 Å². The molecule has 170 valence electrons. The molecule has 1 saturated carbocycles. The van der Waals surface area contributed by atoms with Crippen LogP contribution in [0.2, 0.25) is 0 Å². The molecule has 0 unspecified atom stereocenters. The minimum atomic E-state index is -0.526. The molecule has 0 spiro atoms. The maximum Gasteiger partial charge on any atom is 0.407 e. The summed E-state index contributed by atoms with van der Waals surface area (Å²) in [6, 6.07) is 14.4. The van der Waals surface area contributed by atoms with Crippen molar-refractivity contribution in [3.8, 4) is 0 Å². The smallest absolute Gasteiger partial charge is 0.407 e. The molecule has 0 bridgehead atoms. The largest absolute Gasteiger partial charge is 0.444 e. The fraction of sp³-hybridized carbons (Fsp3) is 0.462. The highest BCUT2D eigenvalue weighted by Crippen LogP contribution is 2.40. The number of ether oxygens (including phenoxy) is 1. The number of alkyl carbamates (subject to hydrolysis) is 1. The normalized spacial score (nSPS) is 22.5. The Labute approximate surface area is 188 Å². The van der Waals surface area contributed by atoms with Gasteiger partial charge in [0, 0.05) is 19.0 Å². The molecule has 2 amide bonds. The van der Waals surface area contributed by atoms with Crippen molar-refractivity contribution in [2.45, 2.75) is 51.7 Å². The second-order valence-corrected chi connectivity index (χ2v) is 9.85. The van der Waals surface area contributed by atoms with E-state index in [1.54, 1.807) is 12.1 Å². The van der Waals surface area contributed by atoms with Crippen molar-refractivity contribution in [3.63, 3.8) is 0 Å². The Balaban J connectivity index is 1.42. The van der Waals surface area contributed by atoms with E-state index in [2.05, 4.69) is 17.4 Å². The number of fused-ring (bicyclic) bond motifs is 1. The molecule has 1 fully saturated rings. The molecule has 1 heterocycles. The highest BCUT2D eigenvalue weighted by molar-refractivity contribution is 5.81. The van der Waals surface area contributed by atoms with Gasteiger partial charge in [-0.1, -0.05) is 36.4 Å². The Morgan fingerprint density at radius 2 is 1.78 bits per heavy atom. The number of halogens is 1. The van der Waals surface area contributed by atoms with Crippen LogP contribution in [-0.4, -0.2) is 35.6 Å². The number of amides is 2. The van der Waals surface area contributed by atoms with Crippen molar-refractivity contribution < 1.29 is 18.7 Å². The van der Waals surface area contributed by atoms with E-state index < -0.39 is 11.7 Å². The first-order valence-corrected chi connectivity index (χ1v) is 11.3. The minimum Gasteiger partial charge on any atom is -0.444 e. The molecule has 0 saturated heterocycles. The second kappa shape index (κ2) is 8.93. The van der Waals surface area contributed by atoms with E-state index in [1.165, 1.54) is 17.7 Å². The first-order chi connectivity index (χ1) is 15.2. The molecule has 32 heavy (non-hydrogen) atoms. The van der Waals surface area contributed by atoms with Gasteiger partial charge in [0.05, 0.1) is 6.04 Å². The Kier molecular flexibility index (Phi) is 6.22. The highest BCUT2D eigenvalue weighted by atomic mass is 19.1. The summed E-state index contributed by atoms with van der Waals surface area (Å²) in [5, 5.41) is 2.81. The summed E-state index contributed by atoms with van der Waals surface area (Å²) in [5.41, 5.74) is 2.75. The summed E-state index contributed by atoms with van der Waals surface area (Å²) in [6.45, 7) is 6.66. The molecule has 0 aromatic heterocycles. The molecule has 2 aliphatic rings. The number of nitrogens with zero attached hydrogens (tertiary/aromatic N) is 1. The zero-order valence-corrected chi connectivity index (χ0v) is 18.9. The SMILES string of the molecule is CC(C)(C)OC(=O)NC[C@H]1C[C@H](C(=O)N2CCc3ccccc3[C@@H]2c2ccc(F)cc2)C1. The maximum atomic E-state index is 13.5. The molecule has 0 radical (unpaired) electrons. The predicted octanol–water partition coefficient (Wildman–Crippen LogP) is 4.85. The van der Waals surface area contributed by atoms with Crippen LogP contribution in [-0.2, 0) is 16.0 Å². The van der Waals surface area contributed by atoms with Crippen molar-refractivity contribution >= 4 is 12.0 Å². The summed E-state index contributed by atoms with van der Waals surface area (Å²) < 4.78 is 18.8. The number of carbonyl (C=O) groups is 2. The summed E-state index contributed by atoms with van der Waals surface area (Å²) in [5.74, 6) is 0.0869. The van der Waals surface area contributed by atoms with E-state index in [-0.39, 0.29) is 29.6 Å². The predicted molar refractivity (Wildman–Crippen MR) is 121 cm³/mol. The third-order valence-electron chi connectivity index (χ3n) is 6.27. The van der Waals surface area contributed by atoms with Crippen LogP contribution in [0.15, 0.2) is 48.5 Å². The van der Waals surface area contributed by atoms with E-state index in [0.29, 0.717) is 13.1 Å². The lowest BCUT2D eigenvalue weighted by Crippen LogP contribution is -2.48. The Bertz CT molecular complexity index is 977. The lowest BCUT2D eigenvalue weighted by Gasteiger charge is -2.43. The van der Waals surface area contributed by atoms with Crippen molar-refractivity contribution in [2.24, 2.45) is 11.8 Å². The van der Waals surface area contributed by atoms with Crippen LogP contribution in [0.3, 0.4) is 0 Å². The average Bonchev–Trinajstić information content (AvgIpc) is 2.71. The van der Waals surface area contributed by atoms with Gasteiger partial charge in [0.25, 0.3) is 0 Å². The van der Waals surface area contributed by atoms with Crippen LogP contribution >= 0.6 is 0 Å². The number of rotatable bonds is 4.